The molecule has 0 unspecified atom stereocenters. The second kappa shape index (κ2) is 6.12. The Morgan fingerprint density at radius 3 is 2.69 bits per heavy atom. The van der Waals surface area contributed by atoms with Crippen LogP contribution in [-0.2, 0) is 6.54 Å². The molecule has 0 spiro atoms. The summed E-state index contributed by atoms with van der Waals surface area (Å²) in [6.45, 7) is -0.0942. The lowest BCUT2D eigenvalue weighted by molar-refractivity contribution is -0.384. The van der Waals surface area contributed by atoms with Crippen LogP contribution in [-0.4, -0.2) is 24.8 Å². The third-order valence-electron chi connectivity index (χ3n) is 3.43. The highest BCUT2D eigenvalue weighted by Crippen LogP contribution is 2.20. The zero-order valence-electron chi connectivity index (χ0n) is 12.9. The topological polar surface area (TPSA) is 143 Å². The predicted octanol–water partition coefficient (Wildman–Crippen LogP) is 2.10. The van der Waals surface area contributed by atoms with E-state index in [1.807, 2.05) is 0 Å². The zero-order valence-corrected chi connectivity index (χ0v) is 12.9. The first-order valence-electron chi connectivity index (χ1n) is 7.29. The first-order valence-corrected chi connectivity index (χ1v) is 7.29. The Kier molecular flexibility index (Phi) is 3.65. The fraction of sp³-hybridized carbons (Fsp3) is 0.0667. The maximum absolute atomic E-state index is 11.9. The maximum Gasteiger partial charge on any atom is 0.437 e. The molecule has 0 N–H and O–H groups in total. The van der Waals surface area contributed by atoms with Crippen LogP contribution < -0.4 is 5.76 Å². The minimum atomic E-state index is -0.702. The van der Waals surface area contributed by atoms with E-state index in [-0.39, 0.29) is 29.8 Å². The number of nitro benzene ring substituents is 1. The van der Waals surface area contributed by atoms with Crippen LogP contribution in [0.15, 0.2) is 60.8 Å². The molecule has 3 heterocycles. The standard InChI is InChI=1S/C15H9N5O6/c21-15-19(17-14(25-15)11-2-1-7-24-11)8-12-16-13(18-26-12)9-3-5-10(6-4-9)20(22)23/h1-7H,8H2. The number of aromatic nitrogens is 4. The Morgan fingerprint density at radius 2 is 2.00 bits per heavy atom. The smallest absolute Gasteiger partial charge is 0.437 e. The molecule has 0 amide bonds. The highest BCUT2D eigenvalue weighted by Gasteiger charge is 2.16. The van der Waals surface area contributed by atoms with Crippen LogP contribution >= 0.6 is 0 Å². The Morgan fingerprint density at radius 1 is 1.19 bits per heavy atom. The van der Waals surface area contributed by atoms with Crippen molar-refractivity contribution in [1.29, 1.82) is 0 Å². The van der Waals surface area contributed by atoms with Crippen molar-refractivity contribution in [3.63, 3.8) is 0 Å². The van der Waals surface area contributed by atoms with Crippen LogP contribution in [0.2, 0.25) is 0 Å². The largest absolute Gasteiger partial charge is 0.459 e. The van der Waals surface area contributed by atoms with E-state index in [0.717, 1.165) is 4.68 Å². The highest BCUT2D eigenvalue weighted by molar-refractivity contribution is 5.56. The number of benzene rings is 1. The molecule has 130 valence electrons. The summed E-state index contributed by atoms with van der Waals surface area (Å²) in [5.41, 5.74) is 0.492. The van der Waals surface area contributed by atoms with E-state index in [1.54, 1.807) is 12.1 Å². The number of rotatable bonds is 5. The molecule has 11 nitrogen and oxygen atoms in total. The summed E-state index contributed by atoms with van der Waals surface area (Å²) in [6.07, 6.45) is 1.43. The van der Waals surface area contributed by atoms with Crippen molar-refractivity contribution in [2.24, 2.45) is 0 Å². The van der Waals surface area contributed by atoms with Gasteiger partial charge in [0.15, 0.2) is 5.76 Å². The molecule has 3 aromatic heterocycles. The van der Waals surface area contributed by atoms with E-state index >= 15 is 0 Å². The van der Waals surface area contributed by atoms with E-state index < -0.39 is 10.7 Å². The minimum absolute atomic E-state index is 0.0371. The summed E-state index contributed by atoms with van der Waals surface area (Å²) in [4.78, 5) is 26.2. The third kappa shape index (κ3) is 2.88. The van der Waals surface area contributed by atoms with E-state index in [1.165, 1.54) is 30.5 Å². The first kappa shape index (κ1) is 15.5. The first-order chi connectivity index (χ1) is 12.6. The quantitative estimate of drug-likeness (QED) is 0.388. The highest BCUT2D eigenvalue weighted by atomic mass is 16.6. The van der Waals surface area contributed by atoms with Crippen molar-refractivity contribution in [2.45, 2.75) is 6.54 Å². The van der Waals surface area contributed by atoms with Crippen LogP contribution in [0, 0.1) is 10.1 Å². The van der Waals surface area contributed by atoms with Crippen LogP contribution in [0.25, 0.3) is 23.0 Å². The second-order valence-electron chi connectivity index (χ2n) is 5.12. The van der Waals surface area contributed by atoms with Gasteiger partial charge in [-0.3, -0.25) is 10.1 Å². The fourth-order valence-corrected chi connectivity index (χ4v) is 2.20. The minimum Gasteiger partial charge on any atom is -0.459 e. The zero-order chi connectivity index (χ0) is 18.1. The van der Waals surface area contributed by atoms with Crippen molar-refractivity contribution in [3.05, 3.63) is 69.2 Å². The molecule has 26 heavy (non-hydrogen) atoms. The SMILES string of the molecule is O=c1oc(-c2ccco2)nn1Cc1nc(-c2ccc([N+](=O)[O-])cc2)no1. The van der Waals surface area contributed by atoms with Crippen LogP contribution in [0.1, 0.15) is 5.89 Å². The van der Waals surface area contributed by atoms with Crippen molar-refractivity contribution >= 4 is 5.69 Å². The third-order valence-corrected chi connectivity index (χ3v) is 3.43. The Bertz CT molecular complexity index is 1110. The molecule has 0 saturated heterocycles. The average molecular weight is 355 g/mol. The van der Waals surface area contributed by atoms with Gasteiger partial charge < -0.3 is 13.4 Å². The molecule has 0 fully saturated rings. The molecule has 11 heteroatoms. The lowest BCUT2D eigenvalue weighted by Crippen LogP contribution is -2.16. The van der Waals surface area contributed by atoms with E-state index in [4.69, 9.17) is 13.4 Å². The normalized spacial score (nSPS) is 10.9. The summed E-state index contributed by atoms with van der Waals surface area (Å²) in [5, 5.41) is 18.5. The van der Waals surface area contributed by atoms with Gasteiger partial charge in [-0.25, -0.2) is 4.79 Å². The Balaban J connectivity index is 1.55. The second-order valence-corrected chi connectivity index (χ2v) is 5.12. The average Bonchev–Trinajstić information content (AvgIpc) is 3.37. The number of nitro groups is 1. The number of furan rings is 1. The van der Waals surface area contributed by atoms with Gasteiger partial charge in [0, 0.05) is 17.7 Å². The summed E-state index contributed by atoms with van der Waals surface area (Å²) in [6, 6.07) is 8.93. The van der Waals surface area contributed by atoms with Gasteiger partial charge in [-0.05, 0) is 24.3 Å². The van der Waals surface area contributed by atoms with Gasteiger partial charge in [0.05, 0.1) is 11.2 Å². The molecule has 0 saturated carbocycles. The van der Waals surface area contributed by atoms with Crippen molar-refractivity contribution in [1.82, 2.24) is 19.9 Å². The number of nitrogens with zero attached hydrogens (tertiary/aromatic N) is 5. The van der Waals surface area contributed by atoms with Crippen LogP contribution in [0.5, 0.6) is 0 Å². The molecule has 0 aliphatic heterocycles. The Hall–Kier alpha value is -4.02. The van der Waals surface area contributed by atoms with Gasteiger partial charge in [-0.2, -0.15) is 9.67 Å². The number of non-ortho nitro benzene ring substituents is 1. The fourth-order valence-electron chi connectivity index (χ4n) is 2.20. The van der Waals surface area contributed by atoms with Gasteiger partial charge in [0.25, 0.3) is 11.6 Å². The van der Waals surface area contributed by atoms with Crippen molar-refractivity contribution in [2.75, 3.05) is 0 Å². The van der Waals surface area contributed by atoms with Gasteiger partial charge >= 0.3 is 5.76 Å². The van der Waals surface area contributed by atoms with Crippen molar-refractivity contribution < 1.29 is 18.3 Å². The monoisotopic (exact) mass is 355 g/mol. The van der Waals surface area contributed by atoms with E-state index in [2.05, 4.69) is 15.2 Å². The van der Waals surface area contributed by atoms with Gasteiger partial charge in [0.1, 0.15) is 6.54 Å². The van der Waals surface area contributed by atoms with Gasteiger partial charge in [-0.15, -0.1) is 5.10 Å². The summed E-state index contributed by atoms with van der Waals surface area (Å²) in [7, 11) is 0. The number of hydrogen-bond acceptors (Lipinski definition) is 9. The van der Waals surface area contributed by atoms with Crippen LogP contribution in [0.3, 0.4) is 0 Å². The molecule has 4 aromatic rings. The predicted molar refractivity (Wildman–Crippen MR) is 84.0 cm³/mol. The van der Waals surface area contributed by atoms with Gasteiger partial charge in [-0.1, -0.05) is 5.16 Å². The molecular formula is C15H9N5O6. The molecule has 0 aliphatic carbocycles. The molecule has 0 bridgehead atoms. The lowest BCUT2D eigenvalue weighted by Gasteiger charge is -1.94. The molecular weight excluding hydrogens is 346 g/mol. The summed E-state index contributed by atoms with van der Waals surface area (Å²) < 4.78 is 16.2. The summed E-state index contributed by atoms with van der Waals surface area (Å²) in [5.74, 6) is 0.0111. The van der Waals surface area contributed by atoms with Crippen molar-refractivity contribution in [3.8, 4) is 23.0 Å². The molecule has 0 radical (unpaired) electrons. The lowest BCUT2D eigenvalue weighted by atomic mass is 10.2. The van der Waals surface area contributed by atoms with Gasteiger partial charge in [0.2, 0.25) is 11.7 Å². The van der Waals surface area contributed by atoms with E-state index in [9.17, 15) is 14.9 Å². The molecule has 1 aromatic carbocycles. The number of hydrogen-bond donors (Lipinski definition) is 0. The molecule has 4 rings (SSSR count). The van der Waals surface area contributed by atoms with Crippen LogP contribution in [0.4, 0.5) is 5.69 Å². The maximum atomic E-state index is 11.9. The molecule has 0 aliphatic rings. The van der Waals surface area contributed by atoms with E-state index in [0.29, 0.717) is 11.3 Å². The molecule has 0 atom stereocenters. The Labute approximate surface area is 143 Å². The summed E-state index contributed by atoms with van der Waals surface area (Å²) >= 11 is 0.